The molecule has 0 saturated carbocycles. The number of rotatable bonds is 5. The summed E-state index contributed by atoms with van der Waals surface area (Å²) >= 11 is 0. The van der Waals surface area contributed by atoms with Crippen molar-refractivity contribution in [1.29, 1.82) is 0 Å². The van der Waals surface area contributed by atoms with E-state index in [4.69, 9.17) is 9.73 Å². The van der Waals surface area contributed by atoms with Crippen LogP contribution in [0.3, 0.4) is 0 Å². The van der Waals surface area contributed by atoms with Gasteiger partial charge >= 0.3 is 5.97 Å². The van der Waals surface area contributed by atoms with Crippen molar-refractivity contribution in [3.8, 4) is 0 Å². The Bertz CT molecular complexity index is 1240. The molecule has 0 spiro atoms. The molecule has 2 aliphatic heterocycles. The first kappa shape index (κ1) is 21.3. The average Bonchev–Trinajstić information content (AvgIpc) is 3.10. The number of anilines is 1. The maximum Gasteiger partial charge on any atom is 0.310 e. The van der Waals surface area contributed by atoms with Gasteiger partial charge in [0.1, 0.15) is 5.71 Å². The number of benzene rings is 3. The summed E-state index contributed by atoms with van der Waals surface area (Å²) in [6.45, 7) is 4.10. The van der Waals surface area contributed by atoms with Crippen LogP contribution in [0.25, 0.3) is 10.8 Å². The Morgan fingerprint density at radius 1 is 1.06 bits per heavy atom. The van der Waals surface area contributed by atoms with Crippen molar-refractivity contribution in [2.24, 2.45) is 10.9 Å². The minimum Gasteiger partial charge on any atom is -0.466 e. The highest BCUT2D eigenvalue weighted by Gasteiger charge is 2.36. The zero-order chi connectivity index (χ0) is 22.8. The molecule has 1 saturated heterocycles. The van der Waals surface area contributed by atoms with Crippen LogP contribution >= 0.6 is 0 Å². The zero-order valence-electron chi connectivity index (χ0n) is 18.7. The maximum atomic E-state index is 13.5. The number of esters is 1. The van der Waals surface area contributed by atoms with Crippen LogP contribution in [0.4, 0.5) is 11.4 Å². The first-order chi connectivity index (χ1) is 16.1. The molecular formula is C27H27N3O3. The average molecular weight is 442 g/mol. The Morgan fingerprint density at radius 2 is 1.85 bits per heavy atom. The van der Waals surface area contributed by atoms with Gasteiger partial charge in [-0.1, -0.05) is 48.5 Å². The normalized spacial score (nSPS) is 19.8. The maximum absolute atomic E-state index is 13.5. The molecule has 3 aromatic carbocycles. The summed E-state index contributed by atoms with van der Waals surface area (Å²) in [5.74, 6) is -0.395. The third-order valence-corrected chi connectivity index (χ3v) is 6.34. The molecule has 2 aliphatic rings. The molecule has 168 valence electrons. The van der Waals surface area contributed by atoms with E-state index in [2.05, 4.69) is 11.0 Å². The second kappa shape index (κ2) is 9.16. The molecule has 1 fully saturated rings. The molecular weight excluding hydrogens is 414 g/mol. The predicted molar refractivity (Wildman–Crippen MR) is 130 cm³/mol. The predicted octanol–water partition coefficient (Wildman–Crippen LogP) is 4.54. The number of para-hydroxylation sites is 1. The van der Waals surface area contributed by atoms with Crippen molar-refractivity contribution < 1.29 is 14.3 Å². The Labute approximate surface area is 193 Å². The lowest BCUT2D eigenvalue weighted by molar-refractivity contribution is -0.149. The highest BCUT2D eigenvalue weighted by Crippen LogP contribution is 2.32. The van der Waals surface area contributed by atoms with Gasteiger partial charge in [-0.25, -0.2) is 4.99 Å². The lowest BCUT2D eigenvalue weighted by Crippen LogP contribution is -2.47. The van der Waals surface area contributed by atoms with E-state index in [0.717, 1.165) is 47.1 Å². The third-order valence-electron chi connectivity index (χ3n) is 6.34. The van der Waals surface area contributed by atoms with E-state index >= 15 is 0 Å². The van der Waals surface area contributed by atoms with Crippen LogP contribution in [-0.4, -0.2) is 48.9 Å². The molecule has 6 nitrogen and oxygen atoms in total. The number of hydrogen-bond donors (Lipinski definition) is 0. The van der Waals surface area contributed by atoms with Gasteiger partial charge in [0.25, 0.3) is 5.91 Å². The van der Waals surface area contributed by atoms with Gasteiger partial charge < -0.3 is 4.74 Å². The van der Waals surface area contributed by atoms with Gasteiger partial charge in [-0.3, -0.25) is 19.4 Å². The van der Waals surface area contributed by atoms with Crippen LogP contribution in [0.1, 0.15) is 25.3 Å². The SMILES string of the molecule is CCOC(=O)C1CCCN(CN2C(=O)C(=Nc3ccc4ccccc4c3)c3ccccc32)C1. The molecule has 1 amide bonds. The quantitative estimate of drug-likeness (QED) is 0.546. The highest BCUT2D eigenvalue weighted by molar-refractivity contribution is 6.54. The minimum atomic E-state index is -0.145. The molecule has 0 bridgehead atoms. The van der Waals surface area contributed by atoms with Gasteiger partial charge in [0.15, 0.2) is 0 Å². The summed E-state index contributed by atoms with van der Waals surface area (Å²) in [7, 11) is 0. The van der Waals surface area contributed by atoms with E-state index < -0.39 is 0 Å². The van der Waals surface area contributed by atoms with Gasteiger partial charge in [0.05, 0.1) is 30.6 Å². The first-order valence-electron chi connectivity index (χ1n) is 11.5. The molecule has 3 aromatic rings. The summed E-state index contributed by atoms with van der Waals surface area (Å²) in [4.78, 5) is 34.5. The Hall–Kier alpha value is -3.51. The van der Waals surface area contributed by atoms with Crippen LogP contribution in [0.15, 0.2) is 71.7 Å². The number of amides is 1. The number of nitrogens with zero attached hydrogens (tertiary/aromatic N) is 3. The molecule has 0 N–H and O–H groups in total. The Morgan fingerprint density at radius 3 is 2.70 bits per heavy atom. The van der Waals surface area contributed by atoms with Crippen molar-refractivity contribution in [3.05, 3.63) is 72.3 Å². The number of aliphatic imine (C=N–C) groups is 1. The molecule has 33 heavy (non-hydrogen) atoms. The van der Waals surface area contributed by atoms with E-state index in [1.54, 1.807) is 4.90 Å². The number of carbonyl (C=O) groups excluding carboxylic acids is 2. The first-order valence-corrected chi connectivity index (χ1v) is 11.5. The smallest absolute Gasteiger partial charge is 0.310 e. The Balaban J connectivity index is 1.41. The van der Waals surface area contributed by atoms with Crippen LogP contribution in [0.5, 0.6) is 0 Å². The van der Waals surface area contributed by atoms with Crippen LogP contribution in [0, 0.1) is 5.92 Å². The number of piperidine rings is 1. The molecule has 1 unspecified atom stereocenters. The van der Waals surface area contributed by atoms with Crippen LogP contribution in [-0.2, 0) is 14.3 Å². The second-order valence-electron chi connectivity index (χ2n) is 8.55. The van der Waals surface area contributed by atoms with E-state index in [-0.39, 0.29) is 17.8 Å². The molecule has 5 rings (SSSR count). The van der Waals surface area contributed by atoms with Crippen molar-refractivity contribution in [2.75, 3.05) is 31.3 Å². The largest absolute Gasteiger partial charge is 0.466 e. The van der Waals surface area contributed by atoms with E-state index in [0.29, 0.717) is 25.5 Å². The highest BCUT2D eigenvalue weighted by atomic mass is 16.5. The molecule has 0 radical (unpaired) electrons. The molecule has 6 heteroatoms. The van der Waals surface area contributed by atoms with Crippen molar-refractivity contribution in [2.45, 2.75) is 19.8 Å². The number of likely N-dealkylation sites (tertiary alicyclic amines) is 1. The molecule has 0 aromatic heterocycles. The summed E-state index contributed by atoms with van der Waals surface area (Å²) in [5, 5.41) is 2.23. The summed E-state index contributed by atoms with van der Waals surface area (Å²) < 4.78 is 5.23. The fourth-order valence-electron chi connectivity index (χ4n) is 4.72. The fraction of sp³-hybridized carbons (Fsp3) is 0.296. The van der Waals surface area contributed by atoms with Crippen molar-refractivity contribution in [1.82, 2.24) is 4.90 Å². The topological polar surface area (TPSA) is 62.2 Å². The third kappa shape index (κ3) is 4.26. The standard InChI is InChI=1S/C27H27N3O3/c1-2-33-27(32)21-10-7-15-29(17-21)18-30-24-12-6-5-11-23(24)25(26(30)31)28-22-14-13-19-8-3-4-9-20(19)16-22/h3-6,8-9,11-14,16,21H,2,7,10,15,17-18H2,1H3. The number of fused-ring (bicyclic) bond motifs is 2. The van der Waals surface area contributed by atoms with Gasteiger partial charge in [0, 0.05) is 12.1 Å². The fourth-order valence-corrected chi connectivity index (χ4v) is 4.72. The summed E-state index contributed by atoms with van der Waals surface area (Å²) in [6.07, 6.45) is 1.74. The van der Waals surface area contributed by atoms with Gasteiger partial charge in [-0.15, -0.1) is 0 Å². The lowest BCUT2D eigenvalue weighted by atomic mass is 9.98. The Kier molecular flexibility index (Phi) is 5.92. The van der Waals surface area contributed by atoms with Crippen LogP contribution < -0.4 is 4.90 Å². The van der Waals surface area contributed by atoms with Gasteiger partial charge in [0.2, 0.25) is 0 Å². The van der Waals surface area contributed by atoms with Crippen molar-refractivity contribution >= 4 is 39.7 Å². The van der Waals surface area contributed by atoms with Gasteiger partial charge in [-0.2, -0.15) is 0 Å². The molecule has 1 atom stereocenters. The lowest BCUT2D eigenvalue weighted by Gasteiger charge is -2.34. The van der Waals surface area contributed by atoms with Crippen molar-refractivity contribution in [3.63, 3.8) is 0 Å². The number of hydrogen-bond acceptors (Lipinski definition) is 5. The zero-order valence-corrected chi connectivity index (χ0v) is 18.7. The van der Waals surface area contributed by atoms with E-state index in [1.807, 2.05) is 67.6 Å². The molecule has 2 heterocycles. The molecule has 0 aliphatic carbocycles. The monoisotopic (exact) mass is 441 g/mol. The van der Waals surface area contributed by atoms with Crippen LogP contribution in [0.2, 0.25) is 0 Å². The minimum absolute atomic E-state index is 0.109. The summed E-state index contributed by atoms with van der Waals surface area (Å²) in [6, 6.07) is 21.9. The number of carbonyl (C=O) groups is 2. The second-order valence-corrected chi connectivity index (χ2v) is 8.55. The number of ether oxygens (including phenoxy) is 1. The summed E-state index contributed by atoms with van der Waals surface area (Å²) in [5.41, 5.74) is 2.92. The van der Waals surface area contributed by atoms with E-state index in [1.165, 1.54) is 0 Å². The van der Waals surface area contributed by atoms with Gasteiger partial charge in [-0.05, 0) is 55.3 Å². The van der Waals surface area contributed by atoms with E-state index in [9.17, 15) is 9.59 Å².